The van der Waals surface area contributed by atoms with Gasteiger partial charge in [0.1, 0.15) is 5.75 Å². The Morgan fingerprint density at radius 3 is 2.93 bits per heavy atom. The molecule has 0 atom stereocenters. The van der Waals surface area contributed by atoms with Crippen LogP contribution in [0.2, 0.25) is 0 Å². The van der Waals surface area contributed by atoms with Crippen LogP contribution < -0.4 is 4.74 Å². The van der Waals surface area contributed by atoms with E-state index in [1.807, 2.05) is 37.3 Å². The molecule has 14 heavy (non-hydrogen) atoms. The van der Waals surface area contributed by atoms with Gasteiger partial charge >= 0.3 is 0 Å². The van der Waals surface area contributed by atoms with Crippen LogP contribution in [0.5, 0.6) is 5.75 Å². The van der Waals surface area contributed by atoms with Crippen LogP contribution in [0.15, 0.2) is 28.7 Å². The summed E-state index contributed by atoms with van der Waals surface area (Å²) in [5, 5.41) is 0. The lowest BCUT2D eigenvalue weighted by Gasteiger charge is -2.07. The van der Waals surface area contributed by atoms with Crippen LogP contribution >= 0.6 is 27.5 Å². The molecule has 0 spiro atoms. The molecule has 0 aliphatic carbocycles. The van der Waals surface area contributed by atoms with E-state index >= 15 is 0 Å². The van der Waals surface area contributed by atoms with Gasteiger partial charge in [0.2, 0.25) is 0 Å². The van der Waals surface area contributed by atoms with Crippen molar-refractivity contribution in [3.05, 3.63) is 34.3 Å². The van der Waals surface area contributed by atoms with Crippen molar-refractivity contribution in [1.29, 1.82) is 0 Å². The maximum Gasteiger partial charge on any atom is 0.126 e. The Hall–Kier alpha value is -0.470. The van der Waals surface area contributed by atoms with Gasteiger partial charge in [-0.15, -0.1) is 11.6 Å². The summed E-state index contributed by atoms with van der Waals surface area (Å²) in [7, 11) is 0. The first kappa shape index (κ1) is 11.6. The Labute approximate surface area is 97.9 Å². The lowest BCUT2D eigenvalue weighted by Crippen LogP contribution is -1.93. The van der Waals surface area contributed by atoms with Gasteiger partial charge in [-0.05, 0) is 25.1 Å². The zero-order valence-corrected chi connectivity index (χ0v) is 10.3. The van der Waals surface area contributed by atoms with Crippen LogP contribution in [0, 0.1) is 0 Å². The van der Waals surface area contributed by atoms with Gasteiger partial charge in [-0.2, -0.15) is 0 Å². The summed E-state index contributed by atoms with van der Waals surface area (Å²) in [6.45, 7) is 2.64. The second-order valence-electron chi connectivity index (χ2n) is 2.67. The number of halogens is 2. The van der Waals surface area contributed by atoms with Gasteiger partial charge in [-0.1, -0.05) is 28.1 Å². The summed E-state index contributed by atoms with van der Waals surface area (Å²) in [4.78, 5) is 0. The minimum absolute atomic E-state index is 0.512. The first-order valence-corrected chi connectivity index (χ1v) is 5.75. The van der Waals surface area contributed by atoms with Crippen LogP contribution in [0.25, 0.3) is 6.08 Å². The SMILES string of the molecule is CCOc1ccc(Br)cc1C=CCCl. The predicted octanol–water partition coefficient (Wildman–Crippen LogP) is 4.10. The number of alkyl halides is 1. The number of hydrogen-bond acceptors (Lipinski definition) is 1. The van der Waals surface area contributed by atoms with E-state index in [4.69, 9.17) is 16.3 Å². The molecule has 0 aliphatic rings. The molecular weight excluding hydrogens is 263 g/mol. The molecule has 0 bridgehead atoms. The average molecular weight is 276 g/mol. The molecule has 0 heterocycles. The van der Waals surface area contributed by atoms with Crippen molar-refractivity contribution in [3.8, 4) is 5.75 Å². The Morgan fingerprint density at radius 1 is 1.50 bits per heavy atom. The standard InChI is InChI=1S/C11H12BrClO/c1-2-14-11-6-5-10(12)8-9(11)4-3-7-13/h3-6,8H,2,7H2,1H3. The molecule has 0 unspecified atom stereocenters. The number of allylic oxidation sites excluding steroid dienone is 1. The predicted molar refractivity (Wildman–Crippen MR) is 65.1 cm³/mol. The first-order chi connectivity index (χ1) is 6.77. The summed E-state index contributed by atoms with van der Waals surface area (Å²) < 4.78 is 6.51. The summed E-state index contributed by atoms with van der Waals surface area (Å²) in [5.41, 5.74) is 1.04. The van der Waals surface area contributed by atoms with Crippen molar-refractivity contribution >= 4 is 33.6 Å². The lowest BCUT2D eigenvalue weighted by molar-refractivity contribution is 0.339. The van der Waals surface area contributed by atoms with Gasteiger partial charge in [0.05, 0.1) is 6.61 Å². The molecule has 0 aliphatic heterocycles. The van der Waals surface area contributed by atoms with Gasteiger partial charge in [0.25, 0.3) is 0 Å². The molecule has 1 nitrogen and oxygen atoms in total. The van der Waals surface area contributed by atoms with Crippen LogP contribution in [0.1, 0.15) is 12.5 Å². The smallest absolute Gasteiger partial charge is 0.126 e. The van der Waals surface area contributed by atoms with E-state index in [0.717, 1.165) is 15.8 Å². The average Bonchev–Trinajstić information content (AvgIpc) is 2.18. The number of benzene rings is 1. The minimum Gasteiger partial charge on any atom is -0.493 e. The zero-order valence-electron chi connectivity index (χ0n) is 7.97. The molecule has 1 rings (SSSR count). The summed E-state index contributed by atoms with van der Waals surface area (Å²) >= 11 is 9.00. The van der Waals surface area contributed by atoms with Crippen LogP contribution in [0.3, 0.4) is 0 Å². The third-order valence-corrected chi connectivity index (χ3v) is 2.33. The van der Waals surface area contributed by atoms with E-state index in [-0.39, 0.29) is 0 Å². The minimum atomic E-state index is 0.512. The molecular formula is C11H12BrClO. The van der Waals surface area contributed by atoms with Crippen molar-refractivity contribution in [1.82, 2.24) is 0 Å². The van der Waals surface area contributed by atoms with E-state index in [1.54, 1.807) is 0 Å². The first-order valence-electron chi connectivity index (χ1n) is 4.42. The number of hydrogen-bond donors (Lipinski definition) is 0. The Bertz CT molecular complexity index is 323. The maximum absolute atomic E-state index is 5.58. The molecule has 0 N–H and O–H groups in total. The van der Waals surface area contributed by atoms with Gasteiger partial charge < -0.3 is 4.74 Å². The Kier molecular flexibility index (Phi) is 5.05. The largest absolute Gasteiger partial charge is 0.493 e. The highest BCUT2D eigenvalue weighted by atomic mass is 79.9. The van der Waals surface area contributed by atoms with E-state index < -0.39 is 0 Å². The van der Waals surface area contributed by atoms with Crippen molar-refractivity contribution in [3.63, 3.8) is 0 Å². The normalized spacial score (nSPS) is 10.8. The zero-order chi connectivity index (χ0) is 10.4. The molecule has 0 amide bonds. The molecule has 0 saturated heterocycles. The molecule has 1 aromatic carbocycles. The maximum atomic E-state index is 5.58. The number of ether oxygens (including phenoxy) is 1. The van der Waals surface area contributed by atoms with Gasteiger partial charge in [0, 0.05) is 15.9 Å². The summed E-state index contributed by atoms with van der Waals surface area (Å²) in [5.74, 6) is 1.40. The Balaban J connectivity index is 2.96. The second kappa shape index (κ2) is 6.10. The topological polar surface area (TPSA) is 9.23 Å². The fourth-order valence-corrected chi connectivity index (χ4v) is 1.58. The quantitative estimate of drug-likeness (QED) is 0.752. The molecule has 0 radical (unpaired) electrons. The van der Waals surface area contributed by atoms with Gasteiger partial charge in [-0.3, -0.25) is 0 Å². The second-order valence-corrected chi connectivity index (χ2v) is 3.90. The highest BCUT2D eigenvalue weighted by Crippen LogP contribution is 2.24. The van der Waals surface area contributed by atoms with Crippen molar-refractivity contribution < 1.29 is 4.74 Å². The van der Waals surface area contributed by atoms with Crippen LogP contribution in [-0.2, 0) is 0 Å². The van der Waals surface area contributed by atoms with Crippen molar-refractivity contribution in [2.45, 2.75) is 6.92 Å². The fourth-order valence-electron chi connectivity index (χ4n) is 1.11. The monoisotopic (exact) mass is 274 g/mol. The van der Waals surface area contributed by atoms with Crippen LogP contribution in [0.4, 0.5) is 0 Å². The molecule has 0 saturated carbocycles. The molecule has 3 heteroatoms. The van der Waals surface area contributed by atoms with E-state index in [0.29, 0.717) is 12.5 Å². The summed E-state index contributed by atoms with van der Waals surface area (Å²) in [6.07, 6.45) is 3.86. The van der Waals surface area contributed by atoms with E-state index in [2.05, 4.69) is 15.9 Å². The highest BCUT2D eigenvalue weighted by molar-refractivity contribution is 9.10. The Morgan fingerprint density at radius 2 is 2.29 bits per heavy atom. The molecule has 0 fully saturated rings. The molecule has 1 aromatic rings. The van der Waals surface area contributed by atoms with E-state index in [1.165, 1.54) is 0 Å². The van der Waals surface area contributed by atoms with Crippen molar-refractivity contribution in [2.75, 3.05) is 12.5 Å². The third-order valence-electron chi connectivity index (χ3n) is 1.66. The van der Waals surface area contributed by atoms with Gasteiger partial charge in [-0.25, -0.2) is 0 Å². The lowest BCUT2D eigenvalue weighted by atomic mass is 10.2. The van der Waals surface area contributed by atoms with Crippen molar-refractivity contribution in [2.24, 2.45) is 0 Å². The fraction of sp³-hybridized carbons (Fsp3) is 0.273. The molecule has 0 aromatic heterocycles. The summed E-state index contributed by atoms with van der Waals surface area (Å²) in [6, 6.07) is 5.92. The number of rotatable bonds is 4. The highest BCUT2D eigenvalue weighted by Gasteiger charge is 2.00. The van der Waals surface area contributed by atoms with Gasteiger partial charge in [0.15, 0.2) is 0 Å². The molecule has 76 valence electrons. The van der Waals surface area contributed by atoms with Crippen LogP contribution in [-0.4, -0.2) is 12.5 Å². The van der Waals surface area contributed by atoms with E-state index in [9.17, 15) is 0 Å². The third kappa shape index (κ3) is 3.35.